The third-order valence-electron chi connectivity index (χ3n) is 4.84. The molecule has 0 unspecified atom stereocenters. The van der Waals surface area contributed by atoms with Gasteiger partial charge in [-0.2, -0.15) is 0 Å². The van der Waals surface area contributed by atoms with Crippen LogP contribution in [0.1, 0.15) is 24.8 Å². The third kappa shape index (κ3) is 12.8. The zero-order valence-corrected chi connectivity index (χ0v) is 21.3. The van der Waals surface area contributed by atoms with E-state index in [2.05, 4.69) is 32.9 Å². The van der Waals surface area contributed by atoms with E-state index in [1.54, 1.807) is 14.2 Å². The molecule has 1 fully saturated rings. The summed E-state index contributed by atoms with van der Waals surface area (Å²) < 4.78 is 10.6. The molecule has 31 heavy (non-hydrogen) atoms. The fraction of sp³-hybridized carbons (Fsp3) is 0.636. The average molecular weight is 547 g/mol. The molecule has 1 amide bonds. The van der Waals surface area contributed by atoms with Crippen LogP contribution in [-0.2, 0) is 16.0 Å². The van der Waals surface area contributed by atoms with Crippen molar-refractivity contribution in [3.05, 3.63) is 29.8 Å². The van der Waals surface area contributed by atoms with Gasteiger partial charge in [0.15, 0.2) is 12.6 Å². The molecule has 0 atom stereocenters. The van der Waals surface area contributed by atoms with Crippen LogP contribution in [0, 0.1) is 0 Å². The summed E-state index contributed by atoms with van der Waals surface area (Å²) in [6.07, 6.45) is 4.08. The van der Waals surface area contributed by atoms with Crippen LogP contribution in [-0.4, -0.2) is 83.4 Å². The predicted octanol–water partition coefficient (Wildman–Crippen LogP) is 1.64. The first-order valence-corrected chi connectivity index (χ1v) is 10.7. The number of hydrogen-bond acceptors (Lipinski definition) is 5. The van der Waals surface area contributed by atoms with Gasteiger partial charge in [0.25, 0.3) is 5.91 Å². The van der Waals surface area contributed by atoms with E-state index in [1.165, 1.54) is 5.56 Å². The van der Waals surface area contributed by atoms with Crippen LogP contribution in [0.25, 0.3) is 0 Å². The van der Waals surface area contributed by atoms with Crippen molar-refractivity contribution in [2.75, 3.05) is 60.6 Å². The number of carbonyl (C=O) groups excluding carboxylic acids is 1. The molecule has 1 aliphatic carbocycles. The van der Waals surface area contributed by atoms with E-state index >= 15 is 0 Å². The number of amides is 1. The van der Waals surface area contributed by atoms with Crippen molar-refractivity contribution in [1.82, 2.24) is 20.9 Å². The van der Waals surface area contributed by atoms with Crippen LogP contribution in [0.3, 0.4) is 0 Å². The highest BCUT2D eigenvalue weighted by molar-refractivity contribution is 14.0. The lowest BCUT2D eigenvalue weighted by molar-refractivity contribution is -0.123. The van der Waals surface area contributed by atoms with Crippen molar-refractivity contribution < 1.29 is 14.3 Å². The highest BCUT2D eigenvalue weighted by atomic mass is 127. The summed E-state index contributed by atoms with van der Waals surface area (Å²) in [5.41, 5.74) is 1.20. The summed E-state index contributed by atoms with van der Waals surface area (Å²) in [5.74, 6) is 1.47. The Kier molecular flexibility index (Phi) is 14.3. The quantitative estimate of drug-likeness (QED) is 0.142. The molecule has 2 rings (SSSR count). The fourth-order valence-electron chi connectivity index (χ4n) is 2.90. The van der Waals surface area contributed by atoms with E-state index in [0.717, 1.165) is 64.4 Å². The van der Waals surface area contributed by atoms with Gasteiger partial charge in [-0.1, -0.05) is 12.1 Å². The molecule has 0 radical (unpaired) electrons. The number of nitrogens with zero attached hydrogens (tertiary/aromatic N) is 2. The highest BCUT2D eigenvalue weighted by Crippen LogP contribution is 2.18. The number of carbonyl (C=O) groups is 1. The monoisotopic (exact) mass is 547 g/mol. The standard InChI is InChI=1S/C22H37N5O3.HI/c1-23-22(25-13-15-27(2)14-4-16-29-3)24-12-11-18-5-9-20(10-6-18)30-17-21(28)26-19-7-8-19;/h5-6,9-10,19H,4,7-8,11-17H2,1-3H3,(H,26,28)(H2,23,24,25);1H. The molecule has 0 aliphatic heterocycles. The van der Waals surface area contributed by atoms with Gasteiger partial charge < -0.3 is 30.3 Å². The van der Waals surface area contributed by atoms with E-state index in [0.29, 0.717) is 11.8 Å². The molecule has 0 heterocycles. The van der Waals surface area contributed by atoms with Crippen molar-refractivity contribution in [2.24, 2.45) is 4.99 Å². The minimum atomic E-state index is -0.0502. The van der Waals surface area contributed by atoms with Gasteiger partial charge in [-0.15, -0.1) is 24.0 Å². The summed E-state index contributed by atoms with van der Waals surface area (Å²) in [5, 5.41) is 9.59. The average Bonchev–Trinajstić information content (AvgIpc) is 3.56. The number of ether oxygens (including phenoxy) is 2. The SMILES string of the molecule is CN=C(NCCc1ccc(OCC(=O)NC2CC2)cc1)NCCN(C)CCCOC.I. The maximum Gasteiger partial charge on any atom is 0.258 e. The number of benzene rings is 1. The molecule has 0 saturated heterocycles. The second kappa shape index (κ2) is 16.1. The number of likely N-dealkylation sites (N-methyl/N-ethyl adjacent to an activating group) is 1. The van der Waals surface area contributed by atoms with Gasteiger partial charge in [-0.05, 0) is 50.4 Å². The predicted molar refractivity (Wildman–Crippen MR) is 136 cm³/mol. The first-order valence-electron chi connectivity index (χ1n) is 10.7. The Hall–Kier alpha value is -1.59. The van der Waals surface area contributed by atoms with Gasteiger partial charge in [0.05, 0.1) is 0 Å². The van der Waals surface area contributed by atoms with Gasteiger partial charge in [0.2, 0.25) is 0 Å². The Balaban J connectivity index is 0.00000480. The zero-order chi connectivity index (χ0) is 21.6. The second-order valence-corrected chi connectivity index (χ2v) is 7.60. The topological polar surface area (TPSA) is 87.2 Å². The number of methoxy groups -OCH3 is 1. The normalized spacial score (nSPS) is 13.5. The van der Waals surface area contributed by atoms with Crippen molar-refractivity contribution in [3.8, 4) is 5.75 Å². The largest absolute Gasteiger partial charge is 0.484 e. The minimum Gasteiger partial charge on any atom is -0.484 e. The number of aliphatic imine (C=N–C) groups is 1. The molecular formula is C22H38IN5O3. The number of halogens is 1. The fourth-order valence-corrected chi connectivity index (χ4v) is 2.90. The summed E-state index contributed by atoms with van der Waals surface area (Å²) in [6.45, 7) is 4.46. The molecular weight excluding hydrogens is 509 g/mol. The zero-order valence-electron chi connectivity index (χ0n) is 19.0. The van der Waals surface area contributed by atoms with Crippen LogP contribution >= 0.6 is 24.0 Å². The lowest BCUT2D eigenvalue weighted by Crippen LogP contribution is -2.41. The van der Waals surface area contributed by atoms with Crippen molar-refractivity contribution in [1.29, 1.82) is 0 Å². The summed E-state index contributed by atoms with van der Waals surface area (Å²) >= 11 is 0. The second-order valence-electron chi connectivity index (χ2n) is 7.60. The molecule has 8 nitrogen and oxygen atoms in total. The van der Waals surface area contributed by atoms with Gasteiger partial charge in [-0.25, -0.2) is 0 Å². The van der Waals surface area contributed by atoms with E-state index < -0.39 is 0 Å². The maximum absolute atomic E-state index is 11.7. The van der Waals surface area contributed by atoms with Crippen LogP contribution < -0.4 is 20.7 Å². The summed E-state index contributed by atoms with van der Waals surface area (Å²) in [6, 6.07) is 8.24. The third-order valence-corrected chi connectivity index (χ3v) is 4.84. The van der Waals surface area contributed by atoms with Gasteiger partial charge in [0, 0.05) is 53.0 Å². The molecule has 0 bridgehead atoms. The molecule has 1 aromatic rings. The van der Waals surface area contributed by atoms with Crippen LogP contribution in [0.15, 0.2) is 29.3 Å². The van der Waals surface area contributed by atoms with Crippen LogP contribution in [0.2, 0.25) is 0 Å². The van der Waals surface area contributed by atoms with Gasteiger partial charge in [-0.3, -0.25) is 9.79 Å². The van der Waals surface area contributed by atoms with Crippen molar-refractivity contribution in [3.63, 3.8) is 0 Å². The van der Waals surface area contributed by atoms with Crippen LogP contribution in [0.5, 0.6) is 5.75 Å². The van der Waals surface area contributed by atoms with Gasteiger partial charge in [0.1, 0.15) is 5.75 Å². The summed E-state index contributed by atoms with van der Waals surface area (Å²) in [4.78, 5) is 18.2. The molecule has 9 heteroatoms. The Morgan fingerprint density at radius 3 is 2.52 bits per heavy atom. The maximum atomic E-state index is 11.7. The summed E-state index contributed by atoms with van der Waals surface area (Å²) in [7, 11) is 5.62. The molecule has 1 saturated carbocycles. The van der Waals surface area contributed by atoms with Crippen molar-refractivity contribution in [2.45, 2.75) is 31.7 Å². The highest BCUT2D eigenvalue weighted by Gasteiger charge is 2.23. The van der Waals surface area contributed by atoms with E-state index in [9.17, 15) is 4.79 Å². The number of hydrogen-bond donors (Lipinski definition) is 3. The molecule has 3 N–H and O–H groups in total. The van der Waals surface area contributed by atoms with E-state index in [1.807, 2.05) is 24.3 Å². The smallest absolute Gasteiger partial charge is 0.258 e. The van der Waals surface area contributed by atoms with Crippen LogP contribution in [0.4, 0.5) is 0 Å². The molecule has 0 aromatic heterocycles. The molecule has 0 spiro atoms. The minimum absolute atomic E-state index is 0. The van der Waals surface area contributed by atoms with E-state index in [-0.39, 0.29) is 36.5 Å². The lowest BCUT2D eigenvalue weighted by atomic mass is 10.1. The Morgan fingerprint density at radius 1 is 1.16 bits per heavy atom. The molecule has 176 valence electrons. The number of guanidine groups is 1. The molecule has 1 aromatic carbocycles. The first-order chi connectivity index (χ1) is 14.6. The number of rotatable bonds is 14. The lowest BCUT2D eigenvalue weighted by Gasteiger charge is -2.18. The Morgan fingerprint density at radius 2 is 1.87 bits per heavy atom. The first kappa shape index (κ1) is 27.4. The number of nitrogens with one attached hydrogen (secondary N) is 3. The molecule has 1 aliphatic rings. The van der Waals surface area contributed by atoms with Crippen molar-refractivity contribution >= 4 is 35.8 Å². The van der Waals surface area contributed by atoms with E-state index in [4.69, 9.17) is 9.47 Å². The Labute approximate surface area is 203 Å². The Bertz CT molecular complexity index is 653. The van der Waals surface area contributed by atoms with Gasteiger partial charge >= 0.3 is 0 Å².